The minimum atomic E-state index is -1.18. The van der Waals surface area contributed by atoms with E-state index in [0.29, 0.717) is 0 Å². The zero-order valence-electron chi connectivity index (χ0n) is 10.9. The lowest BCUT2D eigenvalue weighted by Crippen LogP contribution is -2.31. The highest BCUT2D eigenvalue weighted by molar-refractivity contribution is 5.22. The molecule has 1 aliphatic rings. The molecule has 0 spiro atoms. The van der Waals surface area contributed by atoms with E-state index in [1.807, 2.05) is 0 Å². The van der Waals surface area contributed by atoms with Crippen molar-refractivity contribution in [3.63, 3.8) is 0 Å². The Labute approximate surface area is 111 Å². The summed E-state index contributed by atoms with van der Waals surface area (Å²) < 4.78 is 32.2. The second-order valence-electron chi connectivity index (χ2n) is 4.93. The van der Waals surface area contributed by atoms with Crippen molar-refractivity contribution in [3.05, 3.63) is 35.4 Å². The third-order valence-corrected chi connectivity index (χ3v) is 3.65. The molecule has 2 rings (SSSR count). The van der Waals surface area contributed by atoms with E-state index < -0.39 is 17.7 Å². The SMILES string of the molecule is COC1CCC(NCC(O)c2c(F)cccc2F)C1. The Morgan fingerprint density at radius 2 is 2.05 bits per heavy atom. The smallest absolute Gasteiger partial charge is 0.131 e. The highest BCUT2D eigenvalue weighted by Gasteiger charge is 2.25. The van der Waals surface area contributed by atoms with Crippen molar-refractivity contribution < 1.29 is 18.6 Å². The summed E-state index contributed by atoms with van der Waals surface area (Å²) in [6, 6.07) is 3.82. The lowest BCUT2D eigenvalue weighted by molar-refractivity contribution is 0.105. The van der Waals surface area contributed by atoms with Gasteiger partial charge in [-0.3, -0.25) is 0 Å². The molecule has 0 heterocycles. The van der Waals surface area contributed by atoms with Gasteiger partial charge in [-0.05, 0) is 31.4 Å². The molecule has 3 atom stereocenters. The van der Waals surface area contributed by atoms with Gasteiger partial charge in [0.2, 0.25) is 0 Å². The fraction of sp³-hybridized carbons (Fsp3) is 0.571. The standard InChI is InChI=1S/C14H19F2NO2/c1-19-10-6-5-9(7-10)17-8-13(18)14-11(15)3-2-4-12(14)16/h2-4,9-10,13,17-18H,5-8H2,1H3. The Kier molecular flexibility index (Phi) is 4.85. The van der Waals surface area contributed by atoms with Gasteiger partial charge in [-0.15, -0.1) is 0 Å². The van der Waals surface area contributed by atoms with Gasteiger partial charge in [-0.2, -0.15) is 0 Å². The van der Waals surface area contributed by atoms with Crippen LogP contribution in [0.4, 0.5) is 8.78 Å². The van der Waals surface area contributed by atoms with Crippen LogP contribution in [-0.2, 0) is 4.74 Å². The van der Waals surface area contributed by atoms with Crippen LogP contribution in [0, 0.1) is 11.6 Å². The molecule has 0 amide bonds. The minimum Gasteiger partial charge on any atom is -0.387 e. The van der Waals surface area contributed by atoms with Crippen molar-refractivity contribution in [3.8, 4) is 0 Å². The molecule has 1 aromatic rings. The summed E-state index contributed by atoms with van der Waals surface area (Å²) in [6.45, 7) is 0.138. The summed E-state index contributed by atoms with van der Waals surface area (Å²) in [5.41, 5.74) is -0.267. The second kappa shape index (κ2) is 6.41. The Hall–Kier alpha value is -1.04. The fourth-order valence-corrected chi connectivity index (χ4v) is 2.55. The quantitative estimate of drug-likeness (QED) is 0.862. The zero-order chi connectivity index (χ0) is 13.8. The predicted octanol–water partition coefficient (Wildman–Crippen LogP) is 2.16. The summed E-state index contributed by atoms with van der Waals surface area (Å²) in [5.74, 6) is -1.43. The van der Waals surface area contributed by atoms with Crippen molar-refractivity contribution in [1.29, 1.82) is 0 Å². The van der Waals surface area contributed by atoms with Crippen molar-refractivity contribution in [2.75, 3.05) is 13.7 Å². The molecular weight excluding hydrogens is 252 g/mol. The Morgan fingerprint density at radius 1 is 1.37 bits per heavy atom. The number of hydrogen-bond donors (Lipinski definition) is 2. The van der Waals surface area contributed by atoms with Crippen LogP contribution in [0.1, 0.15) is 30.9 Å². The molecule has 1 saturated carbocycles. The maximum Gasteiger partial charge on any atom is 0.131 e. The first-order chi connectivity index (χ1) is 9.11. The Bertz CT molecular complexity index is 408. The third-order valence-electron chi connectivity index (χ3n) is 3.65. The van der Waals surface area contributed by atoms with E-state index in [1.54, 1.807) is 7.11 Å². The molecule has 3 unspecified atom stereocenters. The van der Waals surface area contributed by atoms with Gasteiger partial charge in [-0.1, -0.05) is 6.07 Å². The van der Waals surface area contributed by atoms with Crippen LogP contribution < -0.4 is 5.32 Å². The van der Waals surface area contributed by atoms with Gasteiger partial charge in [-0.25, -0.2) is 8.78 Å². The Balaban J connectivity index is 1.89. The lowest BCUT2D eigenvalue weighted by atomic mass is 10.1. The van der Waals surface area contributed by atoms with Crippen LogP contribution in [0.15, 0.2) is 18.2 Å². The fourth-order valence-electron chi connectivity index (χ4n) is 2.55. The van der Waals surface area contributed by atoms with Crippen molar-refractivity contribution >= 4 is 0 Å². The molecule has 1 fully saturated rings. The first-order valence-electron chi connectivity index (χ1n) is 6.50. The summed E-state index contributed by atoms with van der Waals surface area (Å²) in [7, 11) is 1.68. The lowest BCUT2D eigenvalue weighted by Gasteiger charge is -2.17. The van der Waals surface area contributed by atoms with Crippen LogP contribution in [0.25, 0.3) is 0 Å². The summed E-state index contributed by atoms with van der Waals surface area (Å²) >= 11 is 0. The van der Waals surface area contributed by atoms with Crippen LogP contribution in [-0.4, -0.2) is 30.9 Å². The number of aliphatic hydroxyl groups is 1. The zero-order valence-corrected chi connectivity index (χ0v) is 10.9. The molecule has 0 radical (unpaired) electrons. The van der Waals surface area contributed by atoms with Crippen LogP contribution in [0.3, 0.4) is 0 Å². The van der Waals surface area contributed by atoms with E-state index in [9.17, 15) is 13.9 Å². The van der Waals surface area contributed by atoms with E-state index in [0.717, 1.165) is 31.4 Å². The Morgan fingerprint density at radius 3 is 2.63 bits per heavy atom. The van der Waals surface area contributed by atoms with Crippen LogP contribution in [0.2, 0.25) is 0 Å². The third kappa shape index (κ3) is 3.49. The number of hydrogen-bond acceptors (Lipinski definition) is 3. The summed E-state index contributed by atoms with van der Waals surface area (Å²) in [6.07, 6.45) is 1.84. The van der Waals surface area contributed by atoms with E-state index >= 15 is 0 Å². The van der Waals surface area contributed by atoms with E-state index in [1.165, 1.54) is 6.07 Å². The van der Waals surface area contributed by atoms with Crippen LogP contribution in [0.5, 0.6) is 0 Å². The maximum atomic E-state index is 13.5. The average molecular weight is 271 g/mol. The molecule has 0 saturated heterocycles. The molecule has 1 aromatic carbocycles. The number of nitrogens with one attached hydrogen (secondary N) is 1. The molecule has 0 bridgehead atoms. The largest absolute Gasteiger partial charge is 0.387 e. The minimum absolute atomic E-state index is 0.138. The molecule has 2 N–H and O–H groups in total. The molecule has 1 aliphatic carbocycles. The average Bonchev–Trinajstić information content (AvgIpc) is 2.84. The highest BCUT2D eigenvalue weighted by atomic mass is 19.1. The first-order valence-corrected chi connectivity index (χ1v) is 6.50. The summed E-state index contributed by atoms with van der Waals surface area (Å²) in [4.78, 5) is 0. The molecule has 3 nitrogen and oxygen atoms in total. The normalized spacial score (nSPS) is 24.6. The molecule has 0 aromatic heterocycles. The number of ether oxygens (including phenoxy) is 1. The van der Waals surface area contributed by atoms with Crippen molar-refractivity contribution in [2.45, 2.75) is 37.5 Å². The molecule has 106 valence electrons. The monoisotopic (exact) mass is 271 g/mol. The number of benzene rings is 1. The van der Waals surface area contributed by atoms with Gasteiger partial charge in [0.05, 0.1) is 17.8 Å². The number of halogens is 2. The molecule has 0 aliphatic heterocycles. The van der Waals surface area contributed by atoms with Crippen LogP contribution >= 0.6 is 0 Å². The van der Waals surface area contributed by atoms with Gasteiger partial charge in [0.1, 0.15) is 11.6 Å². The first kappa shape index (κ1) is 14.4. The van der Waals surface area contributed by atoms with Gasteiger partial charge < -0.3 is 15.2 Å². The number of rotatable bonds is 5. The number of aliphatic hydroxyl groups excluding tert-OH is 1. The van der Waals surface area contributed by atoms with Gasteiger partial charge in [0.25, 0.3) is 0 Å². The predicted molar refractivity (Wildman–Crippen MR) is 67.8 cm³/mol. The summed E-state index contributed by atoms with van der Waals surface area (Å²) in [5, 5.41) is 13.0. The second-order valence-corrected chi connectivity index (χ2v) is 4.93. The van der Waals surface area contributed by atoms with Crippen molar-refractivity contribution in [1.82, 2.24) is 5.32 Å². The van der Waals surface area contributed by atoms with Gasteiger partial charge >= 0.3 is 0 Å². The van der Waals surface area contributed by atoms with E-state index in [-0.39, 0.29) is 24.3 Å². The maximum absolute atomic E-state index is 13.5. The molecule has 5 heteroatoms. The highest BCUT2D eigenvalue weighted by Crippen LogP contribution is 2.23. The topological polar surface area (TPSA) is 41.5 Å². The van der Waals surface area contributed by atoms with Crippen molar-refractivity contribution in [2.24, 2.45) is 0 Å². The molecule has 19 heavy (non-hydrogen) atoms. The number of methoxy groups -OCH3 is 1. The van der Waals surface area contributed by atoms with E-state index in [2.05, 4.69) is 5.32 Å². The molecular formula is C14H19F2NO2. The van der Waals surface area contributed by atoms with Gasteiger partial charge in [0.15, 0.2) is 0 Å². The van der Waals surface area contributed by atoms with Gasteiger partial charge in [0, 0.05) is 19.7 Å². The van der Waals surface area contributed by atoms with E-state index in [4.69, 9.17) is 4.74 Å².